The molecule has 0 bridgehead atoms. The van der Waals surface area contributed by atoms with E-state index in [9.17, 15) is 14.4 Å². The minimum absolute atomic E-state index is 0.0747. The number of benzene rings is 1. The molecule has 1 atom stereocenters. The van der Waals surface area contributed by atoms with Gasteiger partial charge in [0.25, 0.3) is 5.91 Å². The lowest BCUT2D eigenvalue weighted by atomic mass is 10.1. The van der Waals surface area contributed by atoms with E-state index in [1.165, 1.54) is 19.1 Å². The van der Waals surface area contributed by atoms with E-state index < -0.39 is 17.9 Å². The molecular formula is C16H18BrN3O5S. The van der Waals surface area contributed by atoms with Crippen LogP contribution in [-0.2, 0) is 14.3 Å². The smallest absolute Gasteiger partial charge is 0.308 e. The van der Waals surface area contributed by atoms with Gasteiger partial charge in [-0.1, -0.05) is 0 Å². The maximum atomic E-state index is 12.4. The zero-order valence-electron chi connectivity index (χ0n) is 14.2. The Morgan fingerprint density at radius 2 is 2.15 bits per heavy atom. The van der Waals surface area contributed by atoms with Crippen LogP contribution >= 0.6 is 28.1 Å². The van der Waals surface area contributed by atoms with Crippen molar-refractivity contribution in [2.24, 2.45) is 0 Å². The number of amides is 2. The number of thiocarbonyl (C=S) groups is 1. The van der Waals surface area contributed by atoms with Crippen LogP contribution < -0.4 is 15.4 Å². The van der Waals surface area contributed by atoms with Crippen molar-refractivity contribution in [1.29, 1.82) is 0 Å². The second kappa shape index (κ2) is 8.95. The van der Waals surface area contributed by atoms with Gasteiger partial charge in [0.15, 0.2) is 5.11 Å². The number of hydrogen-bond acceptors (Lipinski definition) is 6. The molecule has 1 aliphatic heterocycles. The molecule has 2 N–H and O–H groups in total. The highest BCUT2D eigenvalue weighted by Crippen LogP contribution is 2.25. The van der Waals surface area contributed by atoms with E-state index in [0.29, 0.717) is 28.9 Å². The topological polar surface area (TPSA) is 97.0 Å². The maximum absolute atomic E-state index is 12.4. The zero-order valence-corrected chi connectivity index (χ0v) is 16.6. The molecule has 0 aliphatic carbocycles. The molecule has 1 heterocycles. The van der Waals surface area contributed by atoms with Gasteiger partial charge in [0.2, 0.25) is 5.91 Å². The first-order valence-corrected chi connectivity index (χ1v) is 8.87. The number of nitrogens with zero attached hydrogens (tertiary/aromatic N) is 1. The number of ether oxygens (including phenoxy) is 2. The van der Waals surface area contributed by atoms with Crippen molar-refractivity contribution in [2.45, 2.75) is 12.5 Å². The summed E-state index contributed by atoms with van der Waals surface area (Å²) >= 11 is 8.59. The van der Waals surface area contributed by atoms with Crippen molar-refractivity contribution in [2.75, 3.05) is 27.3 Å². The predicted octanol–water partition coefficient (Wildman–Crippen LogP) is 0.836. The fourth-order valence-electron chi connectivity index (χ4n) is 2.45. The molecule has 26 heavy (non-hydrogen) atoms. The minimum atomic E-state index is -0.827. The van der Waals surface area contributed by atoms with E-state index in [0.717, 1.165) is 0 Å². The Labute approximate surface area is 164 Å². The van der Waals surface area contributed by atoms with Crippen LogP contribution in [0.15, 0.2) is 22.7 Å². The Kier molecular flexibility index (Phi) is 6.92. The van der Waals surface area contributed by atoms with Crippen LogP contribution in [0, 0.1) is 0 Å². The maximum Gasteiger partial charge on any atom is 0.308 e. The molecule has 8 nitrogen and oxygen atoms in total. The van der Waals surface area contributed by atoms with Gasteiger partial charge in [-0.25, -0.2) is 0 Å². The second-order valence-electron chi connectivity index (χ2n) is 5.39. The molecule has 2 rings (SSSR count). The summed E-state index contributed by atoms with van der Waals surface area (Å²) in [6, 6.07) is 4.02. The number of esters is 1. The van der Waals surface area contributed by atoms with E-state index in [1.54, 1.807) is 18.2 Å². The highest BCUT2D eigenvalue weighted by molar-refractivity contribution is 9.10. The Hall–Kier alpha value is -2.20. The molecule has 140 valence electrons. The highest BCUT2D eigenvalue weighted by Gasteiger charge is 2.34. The Morgan fingerprint density at radius 3 is 2.77 bits per heavy atom. The average molecular weight is 444 g/mol. The fraction of sp³-hybridized carbons (Fsp3) is 0.375. The molecule has 1 fully saturated rings. The largest absolute Gasteiger partial charge is 0.496 e. The van der Waals surface area contributed by atoms with Crippen LogP contribution in [0.25, 0.3) is 0 Å². The number of hydrogen-bond donors (Lipinski definition) is 2. The summed E-state index contributed by atoms with van der Waals surface area (Å²) in [6.07, 6.45) is -0.160. The number of halogens is 1. The first kappa shape index (κ1) is 20.1. The summed E-state index contributed by atoms with van der Waals surface area (Å²) in [7, 11) is 2.77. The van der Waals surface area contributed by atoms with Crippen LogP contribution in [0.4, 0.5) is 0 Å². The van der Waals surface area contributed by atoms with Gasteiger partial charge >= 0.3 is 5.97 Å². The molecule has 0 spiro atoms. The Bertz CT molecular complexity index is 743. The molecule has 1 saturated heterocycles. The van der Waals surface area contributed by atoms with E-state index in [4.69, 9.17) is 17.0 Å². The van der Waals surface area contributed by atoms with Crippen molar-refractivity contribution in [3.05, 3.63) is 28.2 Å². The third kappa shape index (κ3) is 4.70. The number of carbonyl (C=O) groups excluding carboxylic acids is 3. The molecule has 10 heteroatoms. The molecule has 1 unspecified atom stereocenters. The highest BCUT2D eigenvalue weighted by atomic mass is 79.9. The van der Waals surface area contributed by atoms with Crippen molar-refractivity contribution in [3.8, 4) is 5.75 Å². The Balaban J connectivity index is 2.11. The van der Waals surface area contributed by atoms with E-state index in [1.807, 2.05) is 0 Å². The fourth-order valence-corrected chi connectivity index (χ4v) is 3.30. The summed E-state index contributed by atoms with van der Waals surface area (Å²) in [5, 5.41) is 5.34. The second-order valence-corrected chi connectivity index (χ2v) is 6.63. The lowest BCUT2D eigenvalue weighted by molar-refractivity contribution is -0.144. The quantitative estimate of drug-likeness (QED) is 0.525. The van der Waals surface area contributed by atoms with Crippen LogP contribution in [0.5, 0.6) is 5.75 Å². The SMILES string of the molecule is COC(=O)CC1C(=O)NCCN1C(=S)NC(=O)c1ccc(OC)c(Br)c1. The van der Waals surface area contributed by atoms with E-state index in [-0.39, 0.29) is 17.4 Å². The number of rotatable bonds is 4. The zero-order chi connectivity index (χ0) is 19.3. The number of nitrogens with one attached hydrogen (secondary N) is 2. The molecule has 0 radical (unpaired) electrons. The van der Waals surface area contributed by atoms with Gasteiger partial charge < -0.3 is 19.7 Å². The van der Waals surface area contributed by atoms with Gasteiger partial charge in [-0.05, 0) is 46.3 Å². The summed E-state index contributed by atoms with van der Waals surface area (Å²) < 4.78 is 10.4. The van der Waals surface area contributed by atoms with E-state index >= 15 is 0 Å². The predicted molar refractivity (Wildman–Crippen MR) is 101 cm³/mol. The number of piperazine rings is 1. The number of carbonyl (C=O) groups is 3. The normalized spacial score (nSPS) is 16.5. The van der Waals surface area contributed by atoms with Crippen LogP contribution in [0.1, 0.15) is 16.8 Å². The summed E-state index contributed by atoms with van der Waals surface area (Å²) in [4.78, 5) is 37.6. The summed E-state index contributed by atoms with van der Waals surface area (Å²) in [5.74, 6) is -0.716. The molecule has 1 aromatic rings. The average Bonchev–Trinajstić information content (AvgIpc) is 2.62. The molecular weight excluding hydrogens is 426 g/mol. The lowest BCUT2D eigenvalue weighted by Crippen LogP contribution is -2.60. The van der Waals surface area contributed by atoms with Gasteiger partial charge in [0.1, 0.15) is 11.8 Å². The monoisotopic (exact) mass is 443 g/mol. The van der Waals surface area contributed by atoms with Crippen molar-refractivity contribution < 1.29 is 23.9 Å². The standard InChI is InChI=1S/C16H18BrN3O5S/c1-24-12-4-3-9(7-10(12)17)14(22)19-16(26)20-6-5-18-15(23)11(20)8-13(21)25-2/h3-4,7,11H,5-6,8H2,1-2H3,(H,18,23)(H,19,22,26). The van der Waals surface area contributed by atoms with Gasteiger partial charge in [-0.2, -0.15) is 0 Å². The van der Waals surface area contributed by atoms with Crippen LogP contribution in [0.3, 0.4) is 0 Å². The molecule has 0 saturated carbocycles. The third-order valence-corrected chi connectivity index (χ3v) is 4.77. The van der Waals surface area contributed by atoms with E-state index in [2.05, 4.69) is 31.3 Å². The van der Waals surface area contributed by atoms with Gasteiger partial charge in [0, 0.05) is 18.7 Å². The third-order valence-electron chi connectivity index (χ3n) is 3.81. The van der Waals surface area contributed by atoms with Crippen molar-refractivity contribution >= 4 is 51.0 Å². The minimum Gasteiger partial charge on any atom is -0.496 e. The Morgan fingerprint density at radius 1 is 1.42 bits per heavy atom. The molecule has 2 amide bonds. The molecule has 0 aromatic heterocycles. The first-order valence-electron chi connectivity index (χ1n) is 7.67. The molecule has 1 aliphatic rings. The summed E-state index contributed by atoms with van der Waals surface area (Å²) in [6.45, 7) is 0.736. The van der Waals surface area contributed by atoms with Crippen LogP contribution in [0.2, 0.25) is 0 Å². The first-order chi connectivity index (χ1) is 12.4. The van der Waals surface area contributed by atoms with Gasteiger partial charge in [-0.15, -0.1) is 0 Å². The van der Waals surface area contributed by atoms with Gasteiger partial charge in [-0.3, -0.25) is 19.7 Å². The number of methoxy groups -OCH3 is 2. The van der Waals surface area contributed by atoms with Crippen molar-refractivity contribution in [1.82, 2.24) is 15.5 Å². The molecule has 1 aromatic carbocycles. The van der Waals surface area contributed by atoms with Gasteiger partial charge in [0.05, 0.1) is 25.1 Å². The lowest BCUT2D eigenvalue weighted by Gasteiger charge is -2.36. The van der Waals surface area contributed by atoms with Crippen LogP contribution in [-0.4, -0.2) is 61.1 Å². The summed E-state index contributed by atoms with van der Waals surface area (Å²) in [5.41, 5.74) is 0.367. The van der Waals surface area contributed by atoms with Crippen molar-refractivity contribution in [3.63, 3.8) is 0 Å².